The highest BCUT2D eigenvalue weighted by Gasteiger charge is 2.20. The summed E-state index contributed by atoms with van der Waals surface area (Å²) in [4.78, 5) is 24.3. The number of carbonyl (C=O) groups is 2. The molecule has 1 atom stereocenters. The van der Waals surface area contributed by atoms with E-state index in [9.17, 15) is 18.0 Å². The second-order valence-corrected chi connectivity index (χ2v) is 9.57. The van der Waals surface area contributed by atoms with Crippen LogP contribution >= 0.6 is 0 Å². The summed E-state index contributed by atoms with van der Waals surface area (Å²) in [5.41, 5.74) is 6.50. The highest BCUT2D eigenvalue weighted by molar-refractivity contribution is 7.89. The fourth-order valence-electron chi connectivity index (χ4n) is 3.08. The zero-order valence-corrected chi connectivity index (χ0v) is 20.2. The van der Waals surface area contributed by atoms with Crippen LogP contribution in [0.5, 0.6) is 17.2 Å². The first-order chi connectivity index (χ1) is 16.2. The Morgan fingerprint density at radius 2 is 1.79 bits per heavy atom. The number of ether oxygens (including phenoxy) is 3. The van der Waals surface area contributed by atoms with Gasteiger partial charge in [-0.25, -0.2) is 13.1 Å². The number of carbonyl (C=O) groups excluding carboxylic acids is 2. The van der Waals surface area contributed by atoms with Crippen molar-refractivity contribution in [2.45, 2.75) is 44.6 Å². The van der Waals surface area contributed by atoms with Gasteiger partial charge in [-0.3, -0.25) is 20.4 Å². The Balaban J connectivity index is 1.44. The van der Waals surface area contributed by atoms with E-state index in [0.29, 0.717) is 36.9 Å². The number of nitrogens with one attached hydrogen (secondary N) is 3. The Morgan fingerprint density at radius 3 is 2.56 bits per heavy atom. The second-order valence-electron chi connectivity index (χ2n) is 7.80. The number of aryl methyl sites for hydroxylation is 1. The topological polar surface area (TPSA) is 132 Å². The molecule has 0 saturated carbocycles. The fraction of sp³-hybridized carbons (Fsp3) is 0.391. The van der Waals surface area contributed by atoms with Gasteiger partial charge in [0, 0.05) is 25.5 Å². The van der Waals surface area contributed by atoms with Crippen molar-refractivity contribution in [3.8, 4) is 17.2 Å². The zero-order chi connectivity index (χ0) is 24.7. The van der Waals surface area contributed by atoms with E-state index in [1.54, 1.807) is 19.1 Å². The molecular weight excluding hydrogens is 462 g/mol. The zero-order valence-electron chi connectivity index (χ0n) is 19.3. The normalized spacial score (nSPS) is 14.0. The molecule has 11 heteroatoms. The molecular formula is C23H29N3O7S. The number of fused-ring (bicyclic) bond motifs is 1. The molecule has 0 fully saturated rings. The van der Waals surface area contributed by atoms with E-state index in [2.05, 4.69) is 15.6 Å². The molecule has 2 aromatic rings. The molecule has 0 bridgehead atoms. The summed E-state index contributed by atoms with van der Waals surface area (Å²) in [6.07, 6.45) is -0.327. The lowest BCUT2D eigenvalue weighted by Crippen LogP contribution is -2.47. The molecule has 1 unspecified atom stereocenters. The van der Waals surface area contributed by atoms with Crippen LogP contribution < -0.4 is 29.8 Å². The van der Waals surface area contributed by atoms with Crippen LogP contribution in [0.25, 0.3) is 0 Å². The summed E-state index contributed by atoms with van der Waals surface area (Å²) in [5, 5.41) is 0. The van der Waals surface area contributed by atoms with Gasteiger partial charge in [0.2, 0.25) is 15.9 Å². The molecule has 2 amide bonds. The first-order valence-electron chi connectivity index (χ1n) is 10.9. The van der Waals surface area contributed by atoms with E-state index in [1.165, 1.54) is 12.1 Å². The van der Waals surface area contributed by atoms with Crippen molar-refractivity contribution in [2.24, 2.45) is 0 Å². The molecule has 1 aliphatic rings. The van der Waals surface area contributed by atoms with Gasteiger partial charge in [-0.2, -0.15) is 0 Å². The standard InChI is InChI=1S/C23H29N3O7S/c1-15-6-4-7-19(16(15)2)33-17(3)23(28)26-25-22(27)10-11-24-34(29,30)18-8-9-20-21(14-18)32-13-5-12-31-20/h4,6-9,14,17,24H,5,10-13H2,1-3H3,(H,25,27)(H,26,28). The number of hydrogen-bond donors (Lipinski definition) is 3. The van der Waals surface area contributed by atoms with Gasteiger partial charge in [0.15, 0.2) is 17.6 Å². The summed E-state index contributed by atoms with van der Waals surface area (Å²) in [5.74, 6) is 0.328. The Morgan fingerprint density at radius 1 is 1.06 bits per heavy atom. The number of amides is 2. The van der Waals surface area contributed by atoms with Crippen LogP contribution in [0.1, 0.15) is 30.9 Å². The van der Waals surface area contributed by atoms with E-state index in [1.807, 2.05) is 26.0 Å². The molecule has 10 nitrogen and oxygen atoms in total. The molecule has 1 aliphatic heterocycles. The quantitative estimate of drug-likeness (QED) is 0.479. The van der Waals surface area contributed by atoms with E-state index in [0.717, 1.165) is 11.1 Å². The van der Waals surface area contributed by atoms with Crippen LogP contribution in [0.2, 0.25) is 0 Å². The van der Waals surface area contributed by atoms with Crippen molar-refractivity contribution in [2.75, 3.05) is 19.8 Å². The third kappa shape index (κ3) is 6.61. The van der Waals surface area contributed by atoms with Crippen LogP contribution in [-0.2, 0) is 19.6 Å². The van der Waals surface area contributed by atoms with E-state index in [-0.39, 0.29) is 17.9 Å². The minimum absolute atomic E-state index is 0.00266. The lowest BCUT2D eigenvalue weighted by molar-refractivity contribution is -0.132. The Kier molecular flexibility index (Phi) is 8.35. The van der Waals surface area contributed by atoms with Crippen LogP contribution in [0.3, 0.4) is 0 Å². The maximum Gasteiger partial charge on any atom is 0.279 e. The maximum absolute atomic E-state index is 12.5. The lowest BCUT2D eigenvalue weighted by Gasteiger charge is -2.17. The van der Waals surface area contributed by atoms with E-state index >= 15 is 0 Å². The molecule has 3 rings (SSSR count). The molecule has 3 N–H and O–H groups in total. The van der Waals surface area contributed by atoms with Crippen LogP contribution in [0.4, 0.5) is 0 Å². The van der Waals surface area contributed by atoms with Gasteiger partial charge in [0.05, 0.1) is 18.1 Å². The summed E-state index contributed by atoms with van der Waals surface area (Å²) in [6, 6.07) is 9.88. The minimum atomic E-state index is -3.86. The Labute approximate surface area is 199 Å². The first-order valence-corrected chi connectivity index (χ1v) is 12.4. The van der Waals surface area contributed by atoms with Crippen molar-refractivity contribution >= 4 is 21.8 Å². The number of hydrogen-bond acceptors (Lipinski definition) is 7. The van der Waals surface area contributed by atoms with Gasteiger partial charge in [-0.15, -0.1) is 0 Å². The Hall–Kier alpha value is -3.31. The highest BCUT2D eigenvalue weighted by atomic mass is 32.2. The molecule has 0 spiro atoms. The first kappa shape index (κ1) is 25.3. The van der Waals surface area contributed by atoms with Gasteiger partial charge >= 0.3 is 0 Å². The largest absolute Gasteiger partial charge is 0.490 e. The van der Waals surface area contributed by atoms with Gasteiger partial charge in [-0.1, -0.05) is 12.1 Å². The molecule has 0 radical (unpaired) electrons. The summed E-state index contributed by atoms with van der Waals surface area (Å²) in [6.45, 7) is 6.17. The number of rotatable bonds is 8. The van der Waals surface area contributed by atoms with Gasteiger partial charge in [0.25, 0.3) is 5.91 Å². The predicted molar refractivity (Wildman–Crippen MR) is 124 cm³/mol. The van der Waals surface area contributed by atoms with Crippen molar-refractivity contribution in [1.29, 1.82) is 0 Å². The number of hydrazine groups is 1. The van der Waals surface area contributed by atoms with Crippen molar-refractivity contribution in [3.05, 3.63) is 47.5 Å². The molecule has 0 aliphatic carbocycles. The Bertz CT molecular complexity index is 1150. The van der Waals surface area contributed by atoms with Gasteiger partial charge in [0.1, 0.15) is 5.75 Å². The monoisotopic (exact) mass is 491 g/mol. The molecule has 0 saturated heterocycles. The molecule has 34 heavy (non-hydrogen) atoms. The van der Waals surface area contributed by atoms with Crippen molar-refractivity contribution in [1.82, 2.24) is 15.6 Å². The van der Waals surface area contributed by atoms with Crippen LogP contribution in [0.15, 0.2) is 41.3 Å². The molecule has 0 aromatic heterocycles. The number of benzene rings is 2. The second kappa shape index (κ2) is 11.2. The van der Waals surface area contributed by atoms with Crippen LogP contribution in [0, 0.1) is 13.8 Å². The van der Waals surface area contributed by atoms with Crippen LogP contribution in [-0.4, -0.2) is 46.1 Å². The van der Waals surface area contributed by atoms with Crippen molar-refractivity contribution < 1.29 is 32.2 Å². The van der Waals surface area contributed by atoms with Gasteiger partial charge in [-0.05, 0) is 50.1 Å². The third-order valence-corrected chi connectivity index (χ3v) is 6.69. The third-order valence-electron chi connectivity index (χ3n) is 5.23. The van der Waals surface area contributed by atoms with Crippen molar-refractivity contribution in [3.63, 3.8) is 0 Å². The fourth-order valence-corrected chi connectivity index (χ4v) is 4.13. The highest BCUT2D eigenvalue weighted by Crippen LogP contribution is 2.31. The average molecular weight is 492 g/mol. The summed E-state index contributed by atoms with van der Waals surface area (Å²) in [7, 11) is -3.86. The average Bonchev–Trinajstić information content (AvgIpc) is 3.05. The number of sulfonamides is 1. The molecule has 1 heterocycles. The summed E-state index contributed by atoms with van der Waals surface area (Å²) < 4.78 is 44.1. The SMILES string of the molecule is Cc1cccc(OC(C)C(=O)NNC(=O)CCNS(=O)(=O)c2ccc3c(c2)OCCCO3)c1C. The van der Waals surface area contributed by atoms with E-state index in [4.69, 9.17) is 14.2 Å². The summed E-state index contributed by atoms with van der Waals surface area (Å²) >= 11 is 0. The van der Waals surface area contributed by atoms with E-state index < -0.39 is 27.9 Å². The molecule has 2 aromatic carbocycles. The minimum Gasteiger partial charge on any atom is -0.490 e. The smallest absolute Gasteiger partial charge is 0.279 e. The predicted octanol–water partition coefficient (Wildman–Crippen LogP) is 1.75. The lowest BCUT2D eigenvalue weighted by atomic mass is 10.1. The molecule has 184 valence electrons. The maximum atomic E-state index is 12.5. The van der Waals surface area contributed by atoms with Gasteiger partial charge < -0.3 is 14.2 Å².